The fraction of sp³-hybridized carbons (Fsp3) is 0.412. The van der Waals surface area contributed by atoms with Crippen LogP contribution in [0.1, 0.15) is 43.9 Å². The number of ether oxygens (including phenoxy) is 1. The zero-order valence-electron chi connectivity index (χ0n) is 14.9. The molecule has 134 valence electrons. The summed E-state index contributed by atoms with van der Waals surface area (Å²) in [6, 6.07) is 4.82. The molecule has 8 heteroatoms. The first kappa shape index (κ1) is 18.4. The molecule has 0 aromatic carbocycles. The minimum Gasteiger partial charge on any atom is -0.448 e. The molecule has 2 aromatic rings. The van der Waals surface area contributed by atoms with Gasteiger partial charge in [-0.15, -0.1) is 0 Å². The molecule has 0 aliphatic carbocycles. The van der Waals surface area contributed by atoms with Crippen molar-refractivity contribution in [2.24, 2.45) is 0 Å². The van der Waals surface area contributed by atoms with Gasteiger partial charge in [-0.3, -0.25) is 10.1 Å². The Morgan fingerprint density at radius 3 is 2.52 bits per heavy atom. The van der Waals surface area contributed by atoms with E-state index in [4.69, 9.17) is 4.74 Å². The van der Waals surface area contributed by atoms with Gasteiger partial charge < -0.3 is 14.5 Å². The summed E-state index contributed by atoms with van der Waals surface area (Å²) in [5.74, 6) is -1.45. The number of rotatable bonds is 3. The third kappa shape index (κ3) is 4.79. The molecule has 2 aromatic heterocycles. The van der Waals surface area contributed by atoms with Gasteiger partial charge in [0.25, 0.3) is 5.91 Å². The number of aryl methyl sites for hydroxylation is 1. The van der Waals surface area contributed by atoms with E-state index in [1.54, 1.807) is 37.4 Å². The summed E-state index contributed by atoms with van der Waals surface area (Å²) in [6.45, 7) is 8.62. The van der Waals surface area contributed by atoms with E-state index in [0.29, 0.717) is 5.65 Å². The summed E-state index contributed by atoms with van der Waals surface area (Å²) >= 11 is 0. The lowest BCUT2D eigenvalue weighted by molar-refractivity contribution is -0.127. The highest BCUT2D eigenvalue weighted by Gasteiger charge is 2.23. The quantitative estimate of drug-likeness (QED) is 0.825. The third-order valence-corrected chi connectivity index (χ3v) is 3.28. The molecule has 2 N–H and O–H groups in total. The van der Waals surface area contributed by atoms with Crippen LogP contribution in [0.4, 0.5) is 4.79 Å². The van der Waals surface area contributed by atoms with E-state index in [0.717, 1.165) is 5.69 Å². The lowest BCUT2D eigenvalue weighted by Crippen LogP contribution is -2.50. The first-order valence-corrected chi connectivity index (χ1v) is 7.85. The molecule has 0 spiro atoms. The number of hydrogen-bond acceptors (Lipinski definition) is 5. The first-order valence-electron chi connectivity index (χ1n) is 7.85. The molecular weight excluding hydrogens is 324 g/mol. The first-order chi connectivity index (χ1) is 11.6. The van der Waals surface area contributed by atoms with Gasteiger partial charge in [0, 0.05) is 17.4 Å². The zero-order valence-corrected chi connectivity index (χ0v) is 14.9. The normalized spacial score (nSPS) is 12.5. The van der Waals surface area contributed by atoms with Crippen molar-refractivity contribution in [3.8, 4) is 0 Å². The molecule has 3 amide bonds. The number of imidazole rings is 1. The number of hydrogen-bond donors (Lipinski definition) is 2. The summed E-state index contributed by atoms with van der Waals surface area (Å²) in [7, 11) is 0. The fourth-order valence-corrected chi connectivity index (χ4v) is 2.11. The Balaban J connectivity index is 2.00. The summed E-state index contributed by atoms with van der Waals surface area (Å²) in [5, 5.41) is 4.72. The second-order valence-corrected chi connectivity index (χ2v) is 6.76. The Labute approximate surface area is 145 Å². The lowest BCUT2D eigenvalue weighted by atomic mass is 10.1. The second-order valence-electron chi connectivity index (χ2n) is 6.76. The molecule has 0 bridgehead atoms. The molecule has 0 saturated carbocycles. The Hall–Kier alpha value is -2.90. The summed E-state index contributed by atoms with van der Waals surface area (Å²) in [5.41, 5.74) is 1.12. The minimum absolute atomic E-state index is 0.0908. The maximum Gasteiger partial charge on any atom is 0.359 e. The van der Waals surface area contributed by atoms with Crippen LogP contribution in [0, 0.1) is 6.92 Å². The molecule has 0 saturated heterocycles. The van der Waals surface area contributed by atoms with Crippen molar-refractivity contribution in [3.05, 3.63) is 35.8 Å². The van der Waals surface area contributed by atoms with Crippen LogP contribution >= 0.6 is 0 Å². The molecule has 0 radical (unpaired) electrons. The van der Waals surface area contributed by atoms with Gasteiger partial charge >= 0.3 is 12.0 Å². The van der Waals surface area contributed by atoms with Crippen molar-refractivity contribution in [1.29, 1.82) is 0 Å². The number of esters is 1. The highest BCUT2D eigenvalue weighted by Crippen LogP contribution is 2.10. The lowest BCUT2D eigenvalue weighted by Gasteiger charge is -2.21. The topological polar surface area (TPSA) is 102 Å². The number of imide groups is 1. The SMILES string of the molecule is Cc1cccc2nc(C(=O)O[C@@H](C)C(=O)NC(=O)NC(C)(C)C)cn12. The number of urea groups is 1. The number of aromatic nitrogens is 2. The van der Waals surface area contributed by atoms with E-state index in [2.05, 4.69) is 15.6 Å². The highest BCUT2D eigenvalue weighted by molar-refractivity contribution is 5.98. The average Bonchev–Trinajstić information content (AvgIpc) is 2.90. The molecule has 8 nitrogen and oxygen atoms in total. The van der Waals surface area contributed by atoms with Crippen molar-refractivity contribution in [3.63, 3.8) is 0 Å². The Morgan fingerprint density at radius 1 is 1.24 bits per heavy atom. The van der Waals surface area contributed by atoms with Crippen LogP contribution < -0.4 is 10.6 Å². The number of carbonyl (C=O) groups excluding carboxylic acids is 3. The number of nitrogens with one attached hydrogen (secondary N) is 2. The molecule has 2 rings (SSSR count). The van der Waals surface area contributed by atoms with Gasteiger partial charge in [0.05, 0.1) is 0 Å². The largest absolute Gasteiger partial charge is 0.448 e. The molecule has 0 aliphatic rings. The van der Waals surface area contributed by atoms with Gasteiger partial charge in [0.1, 0.15) is 5.65 Å². The van der Waals surface area contributed by atoms with Gasteiger partial charge in [-0.1, -0.05) is 6.07 Å². The predicted molar refractivity (Wildman–Crippen MR) is 91.2 cm³/mol. The van der Waals surface area contributed by atoms with Crippen molar-refractivity contribution in [1.82, 2.24) is 20.0 Å². The van der Waals surface area contributed by atoms with Gasteiger partial charge in [0.15, 0.2) is 11.8 Å². The third-order valence-electron chi connectivity index (χ3n) is 3.28. The van der Waals surface area contributed by atoms with E-state index < -0.39 is 29.6 Å². The van der Waals surface area contributed by atoms with Crippen LogP contribution in [0.25, 0.3) is 5.65 Å². The van der Waals surface area contributed by atoms with Crippen LogP contribution in [-0.2, 0) is 9.53 Å². The standard InChI is InChI=1S/C17H22N4O4/c1-10-7-6-8-13-18-12(9-21(10)13)15(23)25-11(2)14(22)19-16(24)20-17(3,4)5/h6-9,11H,1-5H3,(H2,19,20,22,24)/t11-/m0/s1. The molecule has 0 unspecified atom stereocenters. The molecule has 0 fully saturated rings. The van der Waals surface area contributed by atoms with Crippen molar-refractivity contribution >= 4 is 23.6 Å². The van der Waals surface area contributed by atoms with Gasteiger partial charge in [0.2, 0.25) is 0 Å². The molecule has 25 heavy (non-hydrogen) atoms. The summed E-state index contributed by atoms with van der Waals surface area (Å²) in [4.78, 5) is 40.0. The van der Waals surface area contributed by atoms with Crippen molar-refractivity contribution < 1.29 is 19.1 Å². The highest BCUT2D eigenvalue weighted by atomic mass is 16.5. The Kier molecular flexibility index (Phi) is 5.10. The van der Waals surface area contributed by atoms with E-state index >= 15 is 0 Å². The molecule has 0 aliphatic heterocycles. The molecule has 1 atom stereocenters. The number of pyridine rings is 1. The van der Waals surface area contributed by atoms with Crippen molar-refractivity contribution in [2.75, 3.05) is 0 Å². The fourth-order valence-electron chi connectivity index (χ4n) is 2.11. The Bertz CT molecular complexity index is 820. The van der Waals surface area contributed by atoms with E-state index in [9.17, 15) is 14.4 Å². The maximum atomic E-state index is 12.2. The van der Waals surface area contributed by atoms with Crippen LogP contribution in [0.3, 0.4) is 0 Å². The van der Waals surface area contributed by atoms with Crippen LogP contribution in [0.2, 0.25) is 0 Å². The summed E-state index contributed by atoms with van der Waals surface area (Å²) in [6.07, 6.45) is 0.411. The minimum atomic E-state index is -1.14. The molecular formula is C17H22N4O4. The number of fused-ring (bicyclic) bond motifs is 1. The van der Waals surface area contributed by atoms with Gasteiger partial charge in [-0.25, -0.2) is 14.6 Å². The van der Waals surface area contributed by atoms with Crippen LogP contribution in [0.15, 0.2) is 24.4 Å². The van der Waals surface area contributed by atoms with Gasteiger partial charge in [-0.2, -0.15) is 0 Å². The molecule has 2 heterocycles. The average molecular weight is 346 g/mol. The monoisotopic (exact) mass is 346 g/mol. The maximum absolute atomic E-state index is 12.2. The van der Waals surface area contributed by atoms with E-state index in [1.807, 2.05) is 19.1 Å². The number of carbonyl (C=O) groups is 3. The Morgan fingerprint density at radius 2 is 1.92 bits per heavy atom. The summed E-state index contributed by atoms with van der Waals surface area (Å²) < 4.78 is 6.84. The smallest absolute Gasteiger partial charge is 0.359 e. The predicted octanol–water partition coefficient (Wildman–Crippen LogP) is 1.81. The van der Waals surface area contributed by atoms with E-state index in [1.165, 1.54) is 6.92 Å². The number of amides is 3. The van der Waals surface area contributed by atoms with Gasteiger partial charge in [-0.05, 0) is 46.8 Å². The van der Waals surface area contributed by atoms with Crippen LogP contribution in [0.5, 0.6) is 0 Å². The number of nitrogens with zero attached hydrogens (tertiary/aromatic N) is 2. The zero-order chi connectivity index (χ0) is 18.8. The van der Waals surface area contributed by atoms with Crippen LogP contribution in [-0.4, -0.2) is 38.9 Å². The second kappa shape index (κ2) is 6.92. The van der Waals surface area contributed by atoms with E-state index in [-0.39, 0.29) is 5.69 Å². The van der Waals surface area contributed by atoms with Crippen molar-refractivity contribution in [2.45, 2.75) is 46.3 Å².